The van der Waals surface area contributed by atoms with Crippen molar-refractivity contribution >= 4 is 0 Å². The molecular formula is C18H23NO2. The highest BCUT2D eigenvalue weighted by Crippen LogP contribution is 2.17. The molecule has 0 heterocycles. The SMILES string of the molecule is CCOc1ccccc1CNCCc1ccc(CO)cc1. The van der Waals surface area contributed by atoms with Crippen LogP contribution >= 0.6 is 0 Å². The summed E-state index contributed by atoms with van der Waals surface area (Å²) in [4.78, 5) is 0. The van der Waals surface area contributed by atoms with Crippen molar-refractivity contribution in [3.63, 3.8) is 0 Å². The molecule has 0 bridgehead atoms. The van der Waals surface area contributed by atoms with Gasteiger partial charge in [-0.25, -0.2) is 0 Å². The van der Waals surface area contributed by atoms with Crippen LogP contribution in [0.1, 0.15) is 23.6 Å². The first-order chi connectivity index (χ1) is 10.3. The number of rotatable bonds is 8. The Morgan fingerprint density at radius 3 is 2.43 bits per heavy atom. The second-order valence-electron chi connectivity index (χ2n) is 4.94. The minimum Gasteiger partial charge on any atom is -0.494 e. The van der Waals surface area contributed by atoms with Crippen molar-refractivity contribution in [2.75, 3.05) is 13.2 Å². The maximum Gasteiger partial charge on any atom is 0.123 e. The molecule has 0 aliphatic rings. The lowest BCUT2D eigenvalue weighted by Crippen LogP contribution is -2.17. The van der Waals surface area contributed by atoms with Crippen molar-refractivity contribution in [2.45, 2.75) is 26.5 Å². The summed E-state index contributed by atoms with van der Waals surface area (Å²) in [6, 6.07) is 16.2. The Labute approximate surface area is 126 Å². The maximum atomic E-state index is 9.01. The van der Waals surface area contributed by atoms with Gasteiger partial charge >= 0.3 is 0 Å². The molecule has 2 rings (SSSR count). The van der Waals surface area contributed by atoms with Crippen LogP contribution in [0.25, 0.3) is 0 Å². The third-order valence-electron chi connectivity index (χ3n) is 3.38. The number of hydrogen-bond acceptors (Lipinski definition) is 3. The number of aliphatic hydroxyl groups is 1. The van der Waals surface area contributed by atoms with Crippen LogP contribution in [-0.2, 0) is 19.6 Å². The molecule has 0 atom stereocenters. The van der Waals surface area contributed by atoms with E-state index in [0.717, 1.165) is 30.8 Å². The molecule has 0 aliphatic heterocycles. The second-order valence-corrected chi connectivity index (χ2v) is 4.94. The lowest BCUT2D eigenvalue weighted by molar-refractivity contribution is 0.282. The van der Waals surface area contributed by atoms with Gasteiger partial charge in [0.05, 0.1) is 13.2 Å². The normalized spacial score (nSPS) is 10.6. The van der Waals surface area contributed by atoms with Crippen LogP contribution in [0.3, 0.4) is 0 Å². The lowest BCUT2D eigenvalue weighted by Gasteiger charge is -2.11. The van der Waals surface area contributed by atoms with E-state index in [4.69, 9.17) is 9.84 Å². The van der Waals surface area contributed by atoms with Crippen LogP contribution in [0.15, 0.2) is 48.5 Å². The van der Waals surface area contributed by atoms with E-state index in [-0.39, 0.29) is 6.61 Å². The quantitative estimate of drug-likeness (QED) is 0.733. The molecule has 0 unspecified atom stereocenters. The first-order valence-corrected chi connectivity index (χ1v) is 7.43. The summed E-state index contributed by atoms with van der Waals surface area (Å²) in [5.41, 5.74) is 3.42. The van der Waals surface area contributed by atoms with Gasteiger partial charge in [0.2, 0.25) is 0 Å². The smallest absolute Gasteiger partial charge is 0.123 e. The average molecular weight is 285 g/mol. The summed E-state index contributed by atoms with van der Waals surface area (Å²) in [5, 5.41) is 12.5. The Kier molecular flexibility index (Phi) is 6.25. The molecule has 0 amide bonds. The van der Waals surface area contributed by atoms with Gasteiger partial charge in [-0.3, -0.25) is 0 Å². The van der Waals surface area contributed by atoms with Gasteiger partial charge in [-0.2, -0.15) is 0 Å². The van der Waals surface area contributed by atoms with E-state index in [9.17, 15) is 0 Å². The summed E-state index contributed by atoms with van der Waals surface area (Å²) >= 11 is 0. The third-order valence-corrected chi connectivity index (χ3v) is 3.38. The van der Waals surface area contributed by atoms with Crippen molar-refractivity contribution in [3.05, 3.63) is 65.2 Å². The average Bonchev–Trinajstić information content (AvgIpc) is 2.54. The van der Waals surface area contributed by atoms with Crippen molar-refractivity contribution in [3.8, 4) is 5.75 Å². The lowest BCUT2D eigenvalue weighted by atomic mass is 10.1. The predicted molar refractivity (Wildman–Crippen MR) is 85.4 cm³/mol. The highest BCUT2D eigenvalue weighted by atomic mass is 16.5. The molecule has 3 heteroatoms. The largest absolute Gasteiger partial charge is 0.494 e. The van der Waals surface area contributed by atoms with Gasteiger partial charge in [0, 0.05) is 12.1 Å². The Morgan fingerprint density at radius 2 is 1.71 bits per heavy atom. The summed E-state index contributed by atoms with van der Waals surface area (Å²) in [6.45, 7) is 4.52. The fraction of sp³-hybridized carbons (Fsp3) is 0.333. The highest BCUT2D eigenvalue weighted by molar-refractivity contribution is 5.33. The molecule has 2 aromatic rings. The van der Waals surface area contributed by atoms with Gasteiger partial charge in [0.15, 0.2) is 0 Å². The van der Waals surface area contributed by atoms with Crippen LogP contribution in [0, 0.1) is 0 Å². The fourth-order valence-electron chi connectivity index (χ4n) is 2.21. The Bertz CT molecular complexity index is 537. The fourth-order valence-corrected chi connectivity index (χ4v) is 2.21. The molecule has 2 aromatic carbocycles. The van der Waals surface area contributed by atoms with Gasteiger partial charge in [-0.1, -0.05) is 42.5 Å². The molecular weight excluding hydrogens is 262 g/mol. The summed E-state index contributed by atoms with van der Waals surface area (Å²) in [6.07, 6.45) is 0.975. The number of nitrogens with one attached hydrogen (secondary N) is 1. The van der Waals surface area contributed by atoms with E-state index in [1.54, 1.807) is 0 Å². The standard InChI is InChI=1S/C18H23NO2/c1-2-21-18-6-4-3-5-17(18)13-19-12-11-15-7-9-16(14-20)10-8-15/h3-10,19-20H,2,11-14H2,1H3. The number of aliphatic hydroxyl groups excluding tert-OH is 1. The molecule has 21 heavy (non-hydrogen) atoms. The predicted octanol–water partition coefficient (Wildman–Crippen LogP) is 2.91. The summed E-state index contributed by atoms with van der Waals surface area (Å²) in [5.74, 6) is 0.958. The molecule has 0 fully saturated rings. The van der Waals surface area contributed by atoms with Crippen molar-refractivity contribution in [1.29, 1.82) is 0 Å². The van der Waals surface area contributed by atoms with Gasteiger partial charge in [0.1, 0.15) is 5.75 Å². The maximum absolute atomic E-state index is 9.01. The minimum atomic E-state index is 0.104. The van der Waals surface area contributed by atoms with Crippen LogP contribution in [0.2, 0.25) is 0 Å². The zero-order chi connectivity index (χ0) is 14.9. The molecule has 2 N–H and O–H groups in total. The van der Waals surface area contributed by atoms with Gasteiger partial charge in [-0.05, 0) is 37.1 Å². The van der Waals surface area contributed by atoms with Gasteiger partial charge < -0.3 is 15.2 Å². The molecule has 0 saturated heterocycles. The zero-order valence-corrected chi connectivity index (χ0v) is 12.5. The molecule has 0 aromatic heterocycles. The topological polar surface area (TPSA) is 41.5 Å². The Hall–Kier alpha value is -1.84. The van der Waals surface area contributed by atoms with E-state index in [1.165, 1.54) is 11.1 Å². The van der Waals surface area contributed by atoms with Crippen molar-refractivity contribution < 1.29 is 9.84 Å². The van der Waals surface area contributed by atoms with Crippen LogP contribution < -0.4 is 10.1 Å². The summed E-state index contributed by atoms with van der Waals surface area (Å²) < 4.78 is 5.61. The van der Waals surface area contributed by atoms with Crippen LogP contribution in [0.4, 0.5) is 0 Å². The van der Waals surface area contributed by atoms with Crippen molar-refractivity contribution in [1.82, 2.24) is 5.32 Å². The monoisotopic (exact) mass is 285 g/mol. The van der Waals surface area contributed by atoms with Gasteiger partial charge in [-0.15, -0.1) is 0 Å². The molecule has 0 spiro atoms. The first-order valence-electron chi connectivity index (χ1n) is 7.43. The first kappa shape index (κ1) is 15.5. The highest BCUT2D eigenvalue weighted by Gasteiger charge is 2.01. The minimum absolute atomic E-state index is 0.104. The van der Waals surface area contributed by atoms with E-state index >= 15 is 0 Å². The summed E-state index contributed by atoms with van der Waals surface area (Å²) in [7, 11) is 0. The van der Waals surface area contributed by atoms with Gasteiger partial charge in [0.25, 0.3) is 0 Å². The number of ether oxygens (including phenoxy) is 1. The molecule has 112 valence electrons. The second kappa shape index (κ2) is 8.45. The van der Waals surface area contributed by atoms with E-state index in [2.05, 4.69) is 23.5 Å². The number of para-hydroxylation sites is 1. The van der Waals surface area contributed by atoms with E-state index in [1.807, 2.05) is 37.3 Å². The van der Waals surface area contributed by atoms with Crippen LogP contribution in [0.5, 0.6) is 5.75 Å². The Balaban J connectivity index is 1.79. The van der Waals surface area contributed by atoms with E-state index < -0.39 is 0 Å². The molecule has 0 aliphatic carbocycles. The molecule has 0 radical (unpaired) electrons. The number of hydrogen-bond donors (Lipinski definition) is 2. The molecule has 3 nitrogen and oxygen atoms in total. The van der Waals surface area contributed by atoms with Crippen LogP contribution in [-0.4, -0.2) is 18.3 Å². The molecule has 0 saturated carbocycles. The Morgan fingerprint density at radius 1 is 1.00 bits per heavy atom. The third kappa shape index (κ3) is 4.88. The van der Waals surface area contributed by atoms with Crippen molar-refractivity contribution in [2.24, 2.45) is 0 Å². The van der Waals surface area contributed by atoms with E-state index in [0.29, 0.717) is 6.61 Å². The number of benzene rings is 2. The zero-order valence-electron chi connectivity index (χ0n) is 12.5.